The van der Waals surface area contributed by atoms with Gasteiger partial charge in [-0.25, -0.2) is 4.39 Å². The minimum absolute atomic E-state index is 0.0269. The average Bonchev–Trinajstić information content (AvgIpc) is 3.48. The summed E-state index contributed by atoms with van der Waals surface area (Å²) in [7, 11) is 0. The molecule has 2 amide bonds. The van der Waals surface area contributed by atoms with Gasteiger partial charge in [-0.05, 0) is 54.1 Å². The fourth-order valence-electron chi connectivity index (χ4n) is 3.38. The highest BCUT2D eigenvalue weighted by Crippen LogP contribution is 2.28. The second-order valence-electron chi connectivity index (χ2n) is 7.49. The summed E-state index contributed by atoms with van der Waals surface area (Å²) in [5.41, 5.74) is 1.45. The molecule has 3 aromatic rings. The summed E-state index contributed by atoms with van der Waals surface area (Å²) in [6.45, 7) is 1.02. The van der Waals surface area contributed by atoms with Crippen molar-refractivity contribution in [2.45, 2.75) is 32.0 Å². The van der Waals surface area contributed by atoms with E-state index in [4.69, 9.17) is 0 Å². The van der Waals surface area contributed by atoms with Crippen LogP contribution in [0.2, 0.25) is 0 Å². The lowest BCUT2D eigenvalue weighted by Crippen LogP contribution is -2.43. The van der Waals surface area contributed by atoms with Crippen LogP contribution in [0.3, 0.4) is 0 Å². The van der Waals surface area contributed by atoms with Crippen molar-refractivity contribution in [1.82, 2.24) is 9.80 Å². The lowest BCUT2D eigenvalue weighted by Gasteiger charge is -2.28. The average molecular weight is 423 g/mol. The summed E-state index contributed by atoms with van der Waals surface area (Å²) in [5, 5.41) is 2.00. The number of benzene rings is 2. The summed E-state index contributed by atoms with van der Waals surface area (Å²) in [6, 6.07) is 19.4. The Morgan fingerprint density at radius 1 is 0.933 bits per heavy atom. The monoisotopic (exact) mass is 422 g/mol. The van der Waals surface area contributed by atoms with Gasteiger partial charge in [0.25, 0.3) is 5.91 Å². The third-order valence-corrected chi connectivity index (χ3v) is 6.00. The third-order valence-electron chi connectivity index (χ3n) is 5.14. The number of hydrogen-bond acceptors (Lipinski definition) is 3. The van der Waals surface area contributed by atoms with E-state index in [0.717, 1.165) is 23.3 Å². The van der Waals surface area contributed by atoms with Crippen LogP contribution in [-0.4, -0.2) is 34.2 Å². The number of nitrogens with zero attached hydrogens (tertiary/aromatic N) is 2. The van der Waals surface area contributed by atoms with Gasteiger partial charge >= 0.3 is 0 Å². The Kier molecular flexibility index (Phi) is 6.23. The van der Waals surface area contributed by atoms with Crippen molar-refractivity contribution in [3.63, 3.8) is 0 Å². The highest BCUT2D eigenvalue weighted by molar-refractivity contribution is 7.09. The third kappa shape index (κ3) is 5.13. The Hall–Kier alpha value is -2.99. The molecule has 1 heterocycles. The minimum Gasteiger partial charge on any atom is -0.332 e. The van der Waals surface area contributed by atoms with E-state index in [2.05, 4.69) is 0 Å². The lowest BCUT2D eigenvalue weighted by molar-refractivity contribution is -0.133. The Morgan fingerprint density at radius 2 is 1.67 bits per heavy atom. The maximum atomic E-state index is 13.3. The largest absolute Gasteiger partial charge is 0.332 e. The van der Waals surface area contributed by atoms with E-state index >= 15 is 0 Å². The number of thiophene rings is 1. The molecule has 2 aromatic carbocycles. The topological polar surface area (TPSA) is 40.6 Å². The summed E-state index contributed by atoms with van der Waals surface area (Å²) in [6.07, 6.45) is 1.79. The first-order valence-electron chi connectivity index (χ1n) is 10.0. The molecule has 0 radical (unpaired) electrons. The van der Waals surface area contributed by atoms with Crippen molar-refractivity contribution in [1.29, 1.82) is 0 Å². The van der Waals surface area contributed by atoms with Gasteiger partial charge in [-0.15, -0.1) is 11.3 Å². The van der Waals surface area contributed by atoms with Crippen molar-refractivity contribution in [3.05, 3.63) is 93.9 Å². The van der Waals surface area contributed by atoms with Crippen molar-refractivity contribution in [2.75, 3.05) is 6.54 Å². The van der Waals surface area contributed by atoms with E-state index in [0.29, 0.717) is 18.7 Å². The molecule has 1 fully saturated rings. The number of carbonyl (C=O) groups excluding carboxylic acids is 2. The van der Waals surface area contributed by atoms with E-state index in [1.807, 2.05) is 47.8 Å². The molecule has 4 rings (SSSR count). The minimum atomic E-state index is -0.384. The zero-order valence-corrected chi connectivity index (χ0v) is 17.4. The van der Waals surface area contributed by atoms with Gasteiger partial charge in [0.1, 0.15) is 12.4 Å². The number of hydrogen-bond donors (Lipinski definition) is 0. The highest BCUT2D eigenvalue weighted by atomic mass is 32.1. The number of carbonyl (C=O) groups is 2. The molecule has 0 atom stereocenters. The molecule has 0 spiro atoms. The molecule has 30 heavy (non-hydrogen) atoms. The van der Waals surface area contributed by atoms with Gasteiger partial charge in [0.05, 0.1) is 6.54 Å². The standard InChI is InChI=1S/C24H23FN2O2S/c25-20-10-8-19(9-11-20)24(29)27(21-12-13-21)17-23(28)26(16-22-7-4-14-30-22)15-18-5-2-1-3-6-18/h1-11,14,21H,12-13,15-17H2. The first-order valence-corrected chi connectivity index (χ1v) is 10.9. The van der Waals surface area contributed by atoms with Crippen LogP contribution in [0.15, 0.2) is 72.1 Å². The van der Waals surface area contributed by atoms with Crippen molar-refractivity contribution in [2.24, 2.45) is 0 Å². The van der Waals surface area contributed by atoms with Gasteiger partial charge < -0.3 is 9.80 Å². The van der Waals surface area contributed by atoms with E-state index < -0.39 is 0 Å². The van der Waals surface area contributed by atoms with Crippen molar-refractivity contribution >= 4 is 23.2 Å². The van der Waals surface area contributed by atoms with Crippen LogP contribution in [0.25, 0.3) is 0 Å². The molecule has 0 saturated heterocycles. The summed E-state index contributed by atoms with van der Waals surface area (Å²) >= 11 is 1.61. The smallest absolute Gasteiger partial charge is 0.254 e. The van der Waals surface area contributed by atoms with Crippen molar-refractivity contribution in [3.8, 4) is 0 Å². The van der Waals surface area contributed by atoms with Crippen LogP contribution in [0.5, 0.6) is 0 Å². The maximum Gasteiger partial charge on any atom is 0.254 e. The fourth-order valence-corrected chi connectivity index (χ4v) is 4.10. The Labute approximate surface area is 179 Å². The summed E-state index contributed by atoms with van der Waals surface area (Å²) in [4.78, 5) is 30.8. The first kappa shape index (κ1) is 20.3. The van der Waals surface area contributed by atoms with Gasteiger partial charge in [-0.3, -0.25) is 9.59 Å². The van der Waals surface area contributed by atoms with Crippen LogP contribution >= 0.6 is 11.3 Å². The molecule has 0 unspecified atom stereocenters. The molecule has 154 valence electrons. The second kappa shape index (κ2) is 9.22. The Balaban J connectivity index is 1.51. The van der Waals surface area contributed by atoms with Gasteiger partial charge in [-0.1, -0.05) is 36.4 Å². The van der Waals surface area contributed by atoms with Crippen LogP contribution in [0.4, 0.5) is 4.39 Å². The van der Waals surface area contributed by atoms with Gasteiger partial charge in [0, 0.05) is 23.0 Å². The summed E-state index contributed by atoms with van der Waals surface area (Å²) in [5.74, 6) is -0.693. The van der Waals surface area contributed by atoms with Crippen molar-refractivity contribution < 1.29 is 14.0 Å². The normalized spacial score (nSPS) is 13.1. The number of rotatable bonds is 8. The molecule has 0 N–H and O–H groups in total. The van der Waals surface area contributed by atoms with Gasteiger partial charge in [0.15, 0.2) is 0 Å². The fraction of sp³-hybridized carbons (Fsp3) is 0.250. The summed E-state index contributed by atoms with van der Waals surface area (Å²) < 4.78 is 13.2. The molecule has 4 nitrogen and oxygen atoms in total. The predicted molar refractivity (Wildman–Crippen MR) is 115 cm³/mol. The lowest BCUT2D eigenvalue weighted by atomic mass is 10.2. The Morgan fingerprint density at radius 3 is 2.30 bits per heavy atom. The molecule has 1 aliphatic carbocycles. The van der Waals surface area contributed by atoms with E-state index in [1.165, 1.54) is 24.3 Å². The quantitative estimate of drug-likeness (QED) is 0.527. The van der Waals surface area contributed by atoms with Crippen LogP contribution in [0.1, 0.15) is 33.6 Å². The zero-order valence-electron chi connectivity index (χ0n) is 16.5. The number of halogens is 1. The predicted octanol–water partition coefficient (Wildman–Crippen LogP) is 4.72. The molecule has 6 heteroatoms. The molecule has 1 aliphatic rings. The van der Waals surface area contributed by atoms with E-state index in [1.54, 1.807) is 21.1 Å². The first-order chi connectivity index (χ1) is 14.6. The number of amides is 2. The second-order valence-corrected chi connectivity index (χ2v) is 8.52. The zero-order chi connectivity index (χ0) is 20.9. The molecular formula is C24H23FN2O2S. The van der Waals surface area contributed by atoms with Gasteiger partial charge in [-0.2, -0.15) is 0 Å². The van der Waals surface area contributed by atoms with Crippen LogP contribution in [0, 0.1) is 5.82 Å². The van der Waals surface area contributed by atoms with Gasteiger partial charge in [0.2, 0.25) is 5.91 Å². The van der Waals surface area contributed by atoms with E-state index in [9.17, 15) is 14.0 Å². The molecule has 1 aromatic heterocycles. The molecule has 0 bridgehead atoms. The molecule has 0 aliphatic heterocycles. The SMILES string of the molecule is O=C(CN(C(=O)c1ccc(F)cc1)C1CC1)N(Cc1ccccc1)Cc1cccs1. The maximum absolute atomic E-state index is 13.3. The van der Waals surface area contributed by atoms with E-state index in [-0.39, 0.29) is 30.2 Å². The van der Waals surface area contributed by atoms with Crippen LogP contribution in [-0.2, 0) is 17.9 Å². The molecule has 1 saturated carbocycles. The van der Waals surface area contributed by atoms with Crippen LogP contribution < -0.4 is 0 Å². The highest BCUT2D eigenvalue weighted by Gasteiger charge is 2.35. The Bertz CT molecular complexity index is 986. The molecular weight excluding hydrogens is 399 g/mol.